The first-order valence-corrected chi connectivity index (χ1v) is 7.58. The summed E-state index contributed by atoms with van der Waals surface area (Å²) in [7, 11) is 0. The summed E-state index contributed by atoms with van der Waals surface area (Å²) in [5.41, 5.74) is 6.57. The lowest BCUT2D eigenvalue weighted by Gasteiger charge is -2.42. The van der Waals surface area contributed by atoms with Gasteiger partial charge in [0.05, 0.1) is 5.84 Å². The molecular weight excluding hydrogens is 222 g/mol. The third-order valence-electron chi connectivity index (χ3n) is 5.50. The predicted octanol–water partition coefficient (Wildman–Crippen LogP) is 2.99. The van der Waals surface area contributed by atoms with E-state index in [-0.39, 0.29) is 0 Å². The minimum atomic E-state index is 0.376. The molecule has 0 bridgehead atoms. The van der Waals surface area contributed by atoms with E-state index in [1.807, 2.05) is 0 Å². The Balaban J connectivity index is 1.82. The standard InChI is InChI=1S/C15H29N3/c1-3-14(4-2)7-9-18(10-8-14)12-15(5-6-15)11-13(16)17/h3-12H2,1-2H3,(H3,16,17). The lowest BCUT2D eigenvalue weighted by molar-refractivity contribution is 0.0816. The van der Waals surface area contributed by atoms with E-state index in [9.17, 15) is 0 Å². The lowest BCUT2D eigenvalue weighted by atomic mass is 9.74. The van der Waals surface area contributed by atoms with Gasteiger partial charge >= 0.3 is 0 Å². The normalized spacial score (nSPS) is 25.9. The highest BCUT2D eigenvalue weighted by Crippen LogP contribution is 2.50. The molecule has 3 heteroatoms. The summed E-state index contributed by atoms with van der Waals surface area (Å²) in [6.07, 6.45) is 8.74. The number of amidine groups is 1. The SMILES string of the molecule is CCC1(CC)CCN(CC2(CC(=N)N)CC2)CC1. The highest BCUT2D eigenvalue weighted by atomic mass is 15.1. The molecule has 2 aliphatic rings. The molecule has 0 aromatic carbocycles. The van der Waals surface area contributed by atoms with Crippen molar-refractivity contribution in [2.75, 3.05) is 19.6 Å². The van der Waals surface area contributed by atoms with Crippen molar-refractivity contribution in [3.8, 4) is 0 Å². The van der Waals surface area contributed by atoms with Crippen molar-refractivity contribution in [2.24, 2.45) is 16.6 Å². The van der Waals surface area contributed by atoms with Gasteiger partial charge in [-0.25, -0.2) is 0 Å². The molecule has 1 aliphatic heterocycles. The van der Waals surface area contributed by atoms with Crippen LogP contribution in [0.1, 0.15) is 58.8 Å². The molecule has 1 aliphatic carbocycles. The molecule has 0 unspecified atom stereocenters. The van der Waals surface area contributed by atoms with Gasteiger partial charge in [0.25, 0.3) is 0 Å². The van der Waals surface area contributed by atoms with Crippen LogP contribution in [0, 0.1) is 16.2 Å². The molecule has 18 heavy (non-hydrogen) atoms. The van der Waals surface area contributed by atoms with E-state index in [0.29, 0.717) is 16.7 Å². The Morgan fingerprint density at radius 1 is 1.06 bits per heavy atom. The number of piperidine rings is 1. The Morgan fingerprint density at radius 2 is 1.61 bits per heavy atom. The van der Waals surface area contributed by atoms with Gasteiger partial charge in [0.15, 0.2) is 0 Å². The van der Waals surface area contributed by atoms with Gasteiger partial charge in [0, 0.05) is 13.0 Å². The van der Waals surface area contributed by atoms with E-state index in [4.69, 9.17) is 11.1 Å². The fraction of sp³-hybridized carbons (Fsp3) is 0.933. The van der Waals surface area contributed by atoms with E-state index < -0.39 is 0 Å². The van der Waals surface area contributed by atoms with Crippen molar-refractivity contribution in [1.29, 1.82) is 5.41 Å². The summed E-state index contributed by atoms with van der Waals surface area (Å²) in [4.78, 5) is 2.62. The molecule has 1 heterocycles. The van der Waals surface area contributed by atoms with E-state index >= 15 is 0 Å². The second-order valence-corrected chi connectivity index (χ2v) is 6.69. The molecule has 0 atom stereocenters. The Labute approximate surface area is 112 Å². The first kappa shape index (κ1) is 13.9. The van der Waals surface area contributed by atoms with Crippen molar-refractivity contribution in [3.05, 3.63) is 0 Å². The summed E-state index contributed by atoms with van der Waals surface area (Å²) in [6.45, 7) is 8.37. The van der Waals surface area contributed by atoms with Gasteiger partial charge in [-0.15, -0.1) is 0 Å². The van der Waals surface area contributed by atoms with E-state index in [2.05, 4.69) is 18.7 Å². The second kappa shape index (κ2) is 5.20. The van der Waals surface area contributed by atoms with Crippen molar-refractivity contribution in [1.82, 2.24) is 4.90 Å². The van der Waals surface area contributed by atoms with E-state index in [1.165, 1.54) is 58.2 Å². The fourth-order valence-electron chi connectivity index (χ4n) is 3.59. The van der Waals surface area contributed by atoms with Crippen LogP contribution in [0.15, 0.2) is 0 Å². The van der Waals surface area contributed by atoms with Crippen LogP contribution in [0.5, 0.6) is 0 Å². The average Bonchev–Trinajstić information content (AvgIpc) is 3.09. The van der Waals surface area contributed by atoms with Gasteiger partial charge in [0.1, 0.15) is 0 Å². The second-order valence-electron chi connectivity index (χ2n) is 6.69. The summed E-state index contributed by atoms with van der Waals surface area (Å²) in [5, 5.41) is 7.49. The molecular formula is C15H29N3. The summed E-state index contributed by atoms with van der Waals surface area (Å²) in [5.74, 6) is 0.376. The van der Waals surface area contributed by atoms with Gasteiger partial charge in [-0.1, -0.05) is 26.7 Å². The van der Waals surface area contributed by atoms with Gasteiger partial charge in [-0.05, 0) is 49.6 Å². The molecule has 2 rings (SSSR count). The van der Waals surface area contributed by atoms with E-state index in [0.717, 1.165) is 6.42 Å². The Morgan fingerprint density at radius 3 is 2.00 bits per heavy atom. The number of likely N-dealkylation sites (tertiary alicyclic amines) is 1. The quantitative estimate of drug-likeness (QED) is 0.563. The van der Waals surface area contributed by atoms with Gasteiger partial charge in [0.2, 0.25) is 0 Å². The van der Waals surface area contributed by atoms with Gasteiger partial charge < -0.3 is 10.6 Å². The number of nitrogens with one attached hydrogen (secondary N) is 1. The van der Waals surface area contributed by atoms with Crippen LogP contribution in [0.3, 0.4) is 0 Å². The summed E-state index contributed by atoms with van der Waals surface area (Å²) < 4.78 is 0. The molecule has 0 aromatic heterocycles. The molecule has 2 fully saturated rings. The average molecular weight is 251 g/mol. The van der Waals surface area contributed by atoms with Crippen LogP contribution < -0.4 is 5.73 Å². The molecule has 0 radical (unpaired) electrons. The number of hydrogen-bond donors (Lipinski definition) is 2. The van der Waals surface area contributed by atoms with Crippen molar-refractivity contribution < 1.29 is 0 Å². The Bertz CT molecular complexity index is 293. The Hall–Kier alpha value is -0.570. The van der Waals surface area contributed by atoms with Crippen LogP contribution in [0.4, 0.5) is 0 Å². The molecule has 0 spiro atoms. The first-order chi connectivity index (χ1) is 8.53. The van der Waals surface area contributed by atoms with Crippen LogP contribution in [-0.2, 0) is 0 Å². The molecule has 1 saturated heterocycles. The highest BCUT2D eigenvalue weighted by molar-refractivity contribution is 5.78. The lowest BCUT2D eigenvalue weighted by Crippen LogP contribution is -2.42. The van der Waals surface area contributed by atoms with Gasteiger partial charge in [-0.2, -0.15) is 0 Å². The predicted molar refractivity (Wildman–Crippen MR) is 76.9 cm³/mol. The molecule has 0 aromatic rings. The Kier molecular flexibility index (Phi) is 4.00. The first-order valence-electron chi connectivity index (χ1n) is 7.58. The highest BCUT2D eigenvalue weighted by Gasteiger charge is 2.45. The molecule has 3 N–H and O–H groups in total. The monoisotopic (exact) mass is 251 g/mol. The van der Waals surface area contributed by atoms with Crippen LogP contribution in [-0.4, -0.2) is 30.4 Å². The minimum Gasteiger partial charge on any atom is -0.388 e. The van der Waals surface area contributed by atoms with Gasteiger partial charge in [-0.3, -0.25) is 5.41 Å². The zero-order valence-electron chi connectivity index (χ0n) is 12.1. The molecule has 0 amide bonds. The maximum atomic E-state index is 7.49. The van der Waals surface area contributed by atoms with E-state index in [1.54, 1.807) is 0 Å². The molecule has 1 saturated carbocycles. The summed E-state index contributed by atoms with van der Waals surface area (Å²) >= 11 is 0. The van der Waals surface area contributed by atoms with Crippen LogP contribution >= 0.6 is 0 Å². The van der Waals surface area contributed by atoms with Crippen LogP contribution in [0.2, 0.25) is 0 Å². The van der Waals surface area contributed by atoms with Crippen molar-refractivity contribution in [2.45, 2.75) is 58.8 Å². The van der Waals surface area contributed by atoms with Crippen molar-refractivity contribution in [3.63, 3.8) is 0 Å². The minimum absolute atomic E-state index is 0.376. The van der Waals surface area contributed by atoms with Crippen LogP contribution in [0.25, 0.3) is 0 Å². The maximum Gasteiger partial charge on any atom is 0.0911 e. The maximum absolute atomic E-state index is 7.49. The summed E-state index contributed by atoms with van der Waals surface area (Å²) in [6, 6.07) is 0. The number of nitrogens with two attached hydrogens (primary N) is 1. The number of nitrogens with zero attached hydrogens (tertiary/aromatic N) is 1. The number of hydrogen-bond acceptors (Lipinski definition) is 2. The zero-order chi connectivity index (χ0) is 13.2. The zero-order valence-corrected chi connectivity index (χ0v) is 12.1. The number of rotatable bonds is 6. The largest absolute Gasteiger partial charge is 0.388 e. The third-order valence-corrected chi connectivity index (χ3v) is 5.50. The smallest absolute Gasteiger partial charge is 0.0911 e. The fourth-order valence-corrected chi connectivity index (χ4v) is 3.59. The third kappa shape index (κ3) is 3.05. The van der Waals surface area contributed by atoms with Crippen molar-refractivity contribution >= 4 is 5.84 Å². The molecule has 3 nitrogen and oxygen atoms in total. The topological polar surface area (TPSA) is 53.1 Å². The molecule has 104 valence electrons.